The SMILES string of the molecule is O=Cc1cc(Br)ccc1OCC(=O)N[C@@H]1CCS(=O)(=O)C1. The van der Waals surface area contributed by atoms with Crippen LogP contribution < -0.4 is 10.1 Å². The van der Waals surface area contributed by atoms with Crippen molar-refractivity contribution in [1.82, 2.24) is 5.32 Å². The zero-order chi connectivity index (χ0) is 15.5. The Hall–Kier alpha value is -1.41. The minimum Gasteiger partial charge on any atom is -0.483 e. The normalized spacial score (nSPS) is 20.0. The molecule has 1 aliphatic rings. The van der Waals surface area contributed by atoms with E-state index in [2.05, 4.69) is 21.2 Å². The number of halogens is 1. The lowest BCUT2D eigenvalue weighted by Crippen LogP contribution is -2.38. The molecule has 1 saturated heterocycles. The number of aldehydes is 1. The van der Waals surface area contributed by atoms with Crippen molar-refractivity contribution in [2.24, 2.45) is 0 Å². The number of hydrogen-bond acceptors (Lipinski definition) is 5. The van der Waals surface area contributed by atoms with Gasteiger partial charge in [-0.05, 0) is 24.6 Å². The Kier molecular flexibility index (Phi) is 5.00. The van der Waals surface area contributed by atoms with E-state index in [1.165, 1.54) is 0 Å². The number of sulfone groups is 1. The number of carbonyl (C=O) groups excluding carboxylic acids is 2. The first-order chi connectivity index (χ1) is 9.89. The van der Waals surface area contributed by atoms with Crippen LogP contribution in [0.4, 0.5) is 0 Å². The van der Waals surface area contributed by atoms with Gasteiger partial charge < -0.3 is 10.1 Å². The molecule has 1 aliphatic heterocycles. The minimum atomic E-state index is -3.03. The number of rotatable bonds is 5. The summed E-state index contributed by atoms with van der Waals surface area (Å²) in [6.07, 6.45) is 1.06. The van der Waals surface area contributed by atoms with Crippen molar-refractivity contribution in [3.8, 4) is 5.75 Å². The molecular weight excluding hydrogens is 362 g/mol. The fourth-order valence-electron chi connectivity index (χ4n) is 2.06. The highest BCUT2D eigenvalue weighted by atomic mass is 79.9. The van der Waals surface area contributed by atoms with Gasteiger partial charge in [-0.1, -0.05) is 15.9 Å². The van der Waals surface area contributed by atoms with Gasteiger partial charge in [-0.3, -0.25) is 9.59 Å². The van der Waals surface area contributed by atoms with Crippen molar-refractivity contribution in [3.63, 3.8) is 0 Å². The molecule has 6 nitrogen and oxygen atoms in total. The van der Waals surface area contributed by atoms with Gasteiger partial charge in [0.05, 0.1) is 17.1 Å². The Labute approximate surface area is 130 Å². The summed E-state index contributed by atoms with van der Waals surface area (Å²) < 4.78 is 28.6. The third-order valence-corrected chi connectivity index (χ3v) is 5.32. The van der Waals surface area contributed by atoms with Crippen molar-refractivity contribution in [3.05, 3.63) is 28.2 Å². The summed E-state index contributed by atoms with van der Waals surface area (Å²) in [5.41, 5.74) is 0.334. The first-order valence-electron chi connectivity index (χ1n) is 6.27. The quantitative estimate of drug-likeness (QED) is 0.773. The van der Waals surface area contributed by atoms with Gasteiger partial charge in [0.2, 0.25) is 0 Å². The summed E-state index contributed by atoms with van der Waals surface area (Å²) in [6.45, 7) is -0.265. The monoisotopic (exact) mass is 375 g/mol. The third kappa shape index (κ3) is 4.53. The first-order valence-corrected chi connectivity index (χ1v) is 8.88. The second-order valence-corrected chi connectivity index (χ2v) is 7.90. The van der Waals surface area contributed by atoms with E-state index < -0.39 is 15.7 Å². The molecule has 0 aromatic heterocycles. The molecule has 1 atom stereocenters. The second kappa shape index (κ2) is 6.57. The van der Waals surface area contributed by atoms with E-state index in [-0.39, 0.29) is 24.2 Å². The molecule has 1 heterocycles. The van der Waals surface area contributed by atoms with Gasteiger partial charge in [0.1, 0.15) is 5.75 Å². The Balaban J connectivity index is 1.88. The maximum absolute atomic E-state index is 11.7. The zero-order valence-corrected chi connectivity index (χ0v) is 13.4. The largest absolute Gasteiger partial charge is 0.483 e. The molecule has 1 aromatic carbocycles. The maximum Gasteiger partial charge on any atom is 0.258 e. The highest BCUT2D eigenvalue weighted by molar-refractivity contribution is 9.10. The van der Waals surface area contributed by atoms with Gasteiger partial charge >= 0.3 is 0 Å². The Morgan fingerprint density at radius 3 is 2.86 bits per heavy atom. The average Bonchev–Trinajstić information content (AvgIpc) is 2.76. The van der Waals surface area contributed by atoms with Crippen LogP contribution in [-0.2, 0) is 14.6 Å². The number of carbonyl (C=O) groups is 2. The number of hydrogen-bond donors (Lipinski definition) is 1. The van der Waals surface area contributed by atoms with Gasteiger partial charge in [-0.25, -0.2) is 8.42 Å². The molecule has 1 aromatic rings. The van der Waals surface area contributed by atoms with Crippen LogP contribution in [0, 0.1) is 0 Å². The molecule has 8 heteroatoms. The standard InChI is InChI=1S/C13H14BrNO5S/c14-10-1-2-12(9(5-10)6-16)20-7-13(17)15-11-3-4-21(18,19)8-11/h1-2,5-6,11H,3-4,7-8H2,(H,15,17)/t11-/m1/s1. The number of amides is 1. The number of nitrogens with one attached hydrogen (secondary N) is 1. The topological polar surface area (TPSA) is 89.5 Å². The summed E-state index contributed by atoms with van der Waals surface area (Å²) in [5, 5.41) is 2.61. The van der Waals surface area contributed by atoms with Gasteiger partial charge in [0.15, 0.2) is 22.7 Å². The van der Waals surface area contributed by atoms with E-state index in [1.807, 2.05) is 0 Å². The van der Waals surface area contributed by atoms with E-state index >= 15 is 0 Å². The van der Waals surface area contributed by atoms with Crippen LogP contribution in [0.5, 0.6) is 5.75 Å². The molecule has 1 N–H and O–H groups in total. The van der Waals surface area contributed by atoms with Crippen molar-refractivity contribution in [2.45, 2.75) is 12.5 Å². The van der Waals surface area contributed by atoms with E-state index in [4.69, 9.17) is 4.74 Å². The highest BCUT2D eigenvalue weighted by Gasteiger charge is 2.28. The number of benzene rings is 1. The Bertz CT molecular complexity index is 659. The molecule has 0 aliphatic carbocycles. The summed E-state index contributed by atoms with van der Waals surface area (Å²) in [4.78, 5) is 22.6. The lowest BCUT2D eigenvalue weighted by Gasteiger charge is -2.12. The van der Waals surface area contributed by atoms with Crippen molar-refractivity contribution in [1.29, 1.82) is 0 Å². The average molecular weight is 376 g/mol. The van der Waals surface area contributed by atoms with Gasteiger partial charge in [-0.15, -0.1) is 0 Å². The molecule has 21 heavy (non-hydrogen) atoms. The van der Waals surface area contributed by atoms with Gasteiger partial charge in [0.25, 0.3) is 5.91 Å². The molecule has 0 bridgehead atoms. The number of ether oxygens (including phenoxy) is 1. The molecule has 0 spiro atoms. The molecule has 1 amide bonds. The fourth-order valence-corrected chi connectivity index (χ4v) is 4.12. The molecule has 114 valence electrons. The molecule has 1 fully saturated rings. The fraction of sp³-hybridized carbons (Fsp3) is 0.385. The Morgan fingerprint density at radius 2 is 2.24 bits per heavy atom. The molecular formula is C13H14BrNO5S. The van der Waals surface area contributed by atoms with E-state index in [0.717, 1.165) is 4.47 Å². The van der Waals surface area contributed by atoms with Crippen LogP contribution >= 0.6 is 15.9 Å². The molecule has 0 saturated carbocycles. The van der Waals surface area contributed by atoms with Crippen LogP contribution in [0.15, 0.2) is 22.7 Å². The van der Waals surface area contributed by atoms with E-state index in [0.29, 0.717) is 24.0 Å². The summed E-state index contributed by atoms with van der Waals surface area (Å²) in [5.74, 6) is -0.0310. The maximum atomic E-state index is 11.7. The highest BCUT2D eigenvalue weighted by Crippen LogP contribution is 2.21. The predicted molar refractivity (Wildman–Crippen MR) is 80.2 cm³/mol. The van der Waals surface area contributed by atoms with Gasteiger partial charge in [-0.2, -0.15) is 0 Å². The minimum absolute atomic E-state index is 0.0311. The van der Waals surface area contributed by atoms with Crippen LogP contribution in [0.25, 0.3) is 0 Å². The van der Waals surface area contributed by atoms with E-state index in [9.17, 15) is 18.0 Å². The summed E-state index contributed by atoms with van der Waals surface area (Å²) in [6, 6.07) is 4.51. The molecule has 2 rings (SSSR count). The van der Waals surface area contributed by atoms with Gasteiger partial charge in [0, 0.05) is 10.5 Å². The van der Waals surface area contributed by atoms with Crippen molar-refractivity contribution in [2.75, 3.05) is 18.1 Å². The lowest BCUT2D eigenvalue weighted by atomic mass is 10.2. The van der Waals surface area contributed by atoms with Crippen LogP contribution in [0.3, 0.4) is 0 Å². The summed E-state index contributed by atoms with van der Waals surface area (Å²) in [7, 11) is -3.03. The molecule has 0 radical (unpaired) electrons. The smallest absolute Gasteiger partial charge is 0.258 e. The lowest BCUT2D eigenvalue weighted by molar-refractivity contribution is -0.123. The third-order valence-electron chi connectivity index (χ3n) is 3.06. The van der Waals surface area contributed by atoms with Crippen LogP contribution in [-0.4, -0.2) is 44.8 Å². The first kappa shape index (κ1) is 16.0. The summed E-state index contributed by atoms with van der Waals surface area (Å²) >= 11 is 3.24. The predicted octanol–water partition coefficient (Wildman–Crippen LogP) is 0.944. The van der Waals surface area contributed by atoms with Crippen molar-refractivity contribution >= 4 is 38.0 Å². The Morgan fingerprint density at radius 1 is 1.48 bits per heavy atom. The van der Waals surface area contributed by atoms with Crippen molar-refractivity contribution < 1.29 is 22.7 Å². The zero-order valence-electron chi connectivity index (χ0n) is 11.0. The second-order valence-electron chi connectivity index (χ2n) is 4.76. The van der Waals surface area contributed by atoms with Crippen LogP contribution in [0.1, 0.15) is 16.8 Å². The molecule has 0 unspecified atom stereocenters. The van der Waals surface area contributed by atoms with Crippen LogP contribution in [0.2, 0.25) is 0 Å². The van der Waals surface area contributed by atoms with E-state index in [1.54, 1.807) is 18.2 Å².